The van der Waals surface area contributed by atoms with Crippen molar-refractivity contribution in [2.75, 3.05) is 25.1 Å². The van der Waals surface area contributed by atoms with Gasteiger partial charge in [0.15, 0.2) is 11.5 Å². The van der Waals surface area contributed by atoms with Crippen LogP contribution in [0.2, 0.25) is 0 Å². The van der Waals surface area contributed by atoms with E-state index in [1.165, 1.54) is 12.1 Å². The lowest BCUT2D eigenvalue weighted by Crippen LogP contribution is -2.28. The Labute approximate surface area is 158 Å². The van der Waals surface area contributed by atoms with Crippen LogP contribution in [-0.2, 0) is 14.8 Å². The van der Waals surface area contributed by atoms with Crippen LogP contribution in [0, 0.1) is 13.8 Å². The number of nitrogens with one attached hydrogen (secondary N) is 2. The van der Waals surface area contributed by atoms with Crippen LogP contribution in [0.15, 0.2) is 41.3 Å². The highest BCUT2D eigenvalue weighted by Crippen LogP contribution is 2.32. The lowest BCUT2D eigenvalue weighted by Gasteiger charge is -2.18. The average molecular weight is 390 g/mol. The molecule has 0 radical (unpaired) electrons. The van der Waals surface area contributed by atoms with Crippen molar-refractivity contribution in [3.8, 4) is 11.5 Å². The molecule has 8 heteroatoms. The van der Waals surface area contributed by atoms with Gasteiger partial charge in [0.05, 0.1) is 4.90 Å². The van der Waals surface area contributed by atoms with Crippen molar-refractivity contribution in [2.45, 2.75) is 25.2 Å². The molecule has 2 aromatic rings. The number of hydrogen-bond acceptors (Lipinski definition) is 5. The van der Waals surface area contributed by atoms with E-state index in [0.29, 0.717) is 24.7 Å². The topological polar surface area (TPSA) is 93.7 Å². The molecule has 27 heavy (non-hydrogen) atoms. The summed E-state index contributed by atoms with van der Waals surface area (Å²) in [5.74, 6) is 0.665. The molecule has 1 aliphatic heterocycles. The molecule has 1 amide bonds. The smallest absolute Gasteiger partial charge is 0.240 e. The van der Waals surface area contributed by atoms with E-state index in [-0.39, 0.29) is 23.8 Å². The van der Waals surface area contributed by atoms with E-state index in [4.69, 9.17) is 9.47 Å². The van der Waals surface area contributed by atoms with E-state index >= 15 is 0 Å². The Morgan fingerprint density at radius 3 is 2.59 bits per heavy atom. The van der Waals surface area contributed by atoms with Gasteiger partial charge in [-0.05, 0) is 43.2 Å². The van der Waals surface area contributed by atoms with Gasteiger partial charge in [0.2, 0.25) is 15.9 Å². The largest absolute Gasteiger partial charge is 0.486 e. The quantitative estimate of drug-likeness (QED) is 0.790. The number of amides is 1. The third kappa shape index (κ3) is 4.58. The van der Waals surface area contributed by atoms with E-state index in [0.717, 1.165) is 16.8 Å². The minimum absolute atomic E-state index is 0.00648. The minimum Gasteiger partial charge on any atom is -0.486 e. The van der Waals surface area contributed by atoms with E-state index in [2.05, 4.69) is 10.0 Å². The van der Waals surface area contributed by atoms with E-state index in [9.17, 15) is 13.2 Å². The van der Waals surface area contributed by atoms with Gasteiger partial charge in [-0.25, -0.2) is 13.1 Å². The van der Waals surface area contributed by atoms with Crippen LogP contribution < -0.4 is 19.5 Å². The van der Waals surface area contributed by atoms with Gasteiger partial charge in [-0.15, -0.1) is 0 Å². The molecule has 144 valence electrons. The Morgan fingerprint density at radius 1 is 1.07 bits per heavy atom. The number of rotatable bonds is 6. The zero-order chi connectivity index (χ0) is 19.4. The monoisotopic (exact) mass is 390 g/mol. The van der Waals surface area contributed by atoms with Crippen molar-refractivity contribution < 1.29 is 22.7 Å². The molecule has 0 bridgehead atoms. The van der Waals surface area contributed by atoms with Gasteiger partial charge in [-0.2, -0.15) is 0 Å². The van der Waals surface area contributed by atoms with Crippen molar-refractivity contribution in [1.29, 1.82) is 0 Å². The van der Waals surface area contributed by atoms with Crippen LogP contribution >= 0.6 is 0 Å². The van der Waals surface area contributed by atoms with Crippen molar-refractivity contribution in [3.05, 3.63) is 47.5 Å². The number of sulfonamides is 1. The third-order valence-corrected chi connectivity index (χ3v) is 5.81. The first-order valence-electron chi connectivity index (χ1n) is 8.62. The van der Waals surface area contributed by atoms with Gasteiger partial charge < -0.3 is 14.8 Å². The fourth-order valence-corrected chi connectivity index (χ4v) is 3.72. The van der Waals surface area contributed by atoms with Crippen LogP contribution in [0.4, 0.5) is 5.69 Å². The number of ether oxygens (including phenoxy) is 2. The molecule has 2 N–H and O–H groups in total. The fraction of sp³-hybridized carbons (Fsp3) is 0.316. The molecule has 0 spiro atoms. The molecule has 2 aromatic carbocycles. The number of hydrogen-bond donors (Lipinski definition) is 2. The number of benzene rings is 2. The SMILES string of the molecule is Cc1cccc(NC(=O)CCNS(=O)(=O)c2ccc3c(c2)OCCO3)c1C. The molecule has 1 heterocycles. The highest BCUT2D eigenvalue weighted by molar-refractivity contribution is 7.89. The summed E-state index contributed by atoms with van der Waals surface area (Å²) in [4.78, 5) is 12.2. The second kappa shape index (κ2) is 7.98. The first-order valence-corrected chi connectivity index (χ1v) is 10.1. The molecule has 0 aliphatic carbocycles. The maximum Gasteiger partial charge on any atom is 0.240 e. The Morgan fingerprint density at radius 2 is 1.81 bits per heavy atom. The van der Waals surface area contributed by atoms with Crippen molar-refractivity contribution >= 4 is 21.6 Å². The summed E-state index contributed by atoms with van der Waals surface area (Å²) in [7, 11) is -3.74. The Bertz CT molecular complexity index is 957. The van der Waals surface area contributed by atoms with Gasteiger partial charge in [0.25, 0.3) is 0 Å². The molecule has 7 nitrogen and oxygen atoms in total. The third-order valence-electron chi connectivity index (χ3n) is 4.35. The van der Waals surface area contributed by atoms with Gasteiger partial charge in [0, 0.05) is 24.7 Å². The van der Waals surface area contributed by atoms with Gasteiger partial charge in [-0.3, -0.25) is 4.79 Å². The van der Waals surface area contributed by atoms with E-state index in [1.807, 2.05) is 32.0 Å². The van der Waals surface area contributed by atoms with Gasteiger partial charge >= 0.3 is 0 Å². The summed E-state index contributed by atoms with van der Waals surface area (Å²) >= 11 is 0. The second-order valence-electron chi connectivity index (χ2n) is 6.25. The summed E-state index contributed by atoms with van der Waals surface area (Å²) < 4.78 is 38.1. The predicted molar refractivity (Wildman–Crippen MR) is 102 cm³/mol. The molecule has 1 aliphatic rings. The number of anilines is 1. The molecular formula is C19H22N2O5S. The molecule has 3 rings (SSSR count). The van der Waals surface area contributed by atoms with Crippen molar-refractivity contribution in [3.63, 3.8) is 0 Å². The van der Waals surface area contributed by atoms with Crippen LogP contribution in [0.1, 0.15) is 17.5 Å². The Balaban J connectivity index is 1.57. The zero-order valence-electron chi connectivity index (χ0n) is 15.2. The first kappa shape index (κ1) is 19.2. The van der Waals surface area contributed by atoms with Crippen molar-refractivity contribution in [2.24, 2.45) is 0 Å². The van der Waals surface area contributed by atoms with Crippen LogP contribution in [0.25, 0.3) is 0 Å². The summed E-state index contributed by atoms with van der Waals surface area (Å²) in [6.07, 6.45) is 0.0250. The normalized spacial score (nSPS) is 13.3. The highest BCUT2D eigenvalue weighted by atomic mass is 32.2. The second-order valence-corrected chi connectivity index (χ2v) is 8.02. The maximum absolute atomic E-state index is 12.4. The summed E-state index contributed by atoms with van der Waals surface area (Å²) in [5.41, 5.74) is 2.80. The number of fused-ring (bicyclic) bond motifs is 1. The standard InChI is InChI=1S/C19H22N2O5S/c1-13-4-3-5-16(14(13)2)21-19(22)8-9-20-27(23,24)15-6-7-17-18(12-15)26-11-10-25-17/h3-7,12,20H,8-11H2,1-2H3,(H,21,22). The molecule has 0 unspecified atom stereocenters. The molecule has 0 saturated heterocycles. The van der Waals surface area contributed by atoms with Crippen LogP contribution in [0.5, 0.6) is 11.5 Å². The number of carbonyl (C=O) groups is 1. The molecule has 0 atom stereocenters. The van der Waals surface area contributed by atoms with Crippen LogP contribution in [-0.4, -0.2) is 34.1 Å². The molecular weight excluding hydrogens is 368 g/mol. The maximum atomic E-state index is 12.4. The van der Waals surface area contributed by atoms with Gasteiger partial charge in [-0.1, -0.05) is 12.1 Å². The van der Waals surface area contributed by atoms with E-state index in [1.54, 1.807) is 6.07 Å². The fourth-order valence-electron chi connectivity index (χ4n) is 2.67. The molecule has 0 saturated carbocycles. The number of aryl methyl sites for hydroxylation is 1. The van der Waals surface area contributed by atoms with Gasteiger partial charge in [0.1, 0.15) is 13.2 Å². The summed E-state index contributed by atoms with van der Waals surface area (Å²) in [5, 5.41) is 2.81. The minimum atomic E-state index is -3.74. The summed E-state index contributed by atoms with van der Waals surface area (Å²) in [6, 6.07) is 10.1. The lowest BCUT2D eigenvalue weighted by molar-refractivity contribution is -0.116. The molecule has 0 fully saturated rings. The summed E-state index contributed by atoms with van der Waals surface area (Å²) in [6.45, 7) is 4.70. The lowest BCUT2D eigenvalue weighted by atomic mass is 10.1. The number of carbonyl (C=O) groups excluding carboxylic acids is 1. The van der Waals surface area contributed by atoms with Crippen LogP contribution in [0.3, 0.4) is 0 Å². The average Bonchev–Trinajstić information content (AvgIpc) is 2.65. The first-order chi connectivity index (χ1) is 12.9. The van der Waals surface area contributed by atoms with Crippen molar-refractivity contribution in [1.82, 2.24) is 4.72 Å². The molecule has 0 aromatic heterocycles. The highest BCUT2D eigenvalue weighted by Gasteiger charge is 2.19. The zero-order valence-corrected chi connectivity index (χ0v) is 16.1. The predicted octanol–water partition coefficient (Wildman–Crippen LogP) is 2.38. The van der Waals surface area contributed by atoms with E-state index < -0.39 is 10.0 Å². The Kier molecular flexibility index (Phi) is 5.67. The Hall–Kier alpha value is -2.58.